The molecule has 0 aliphatic heterocycles. The number of nitrogens with zero attached hydrogens (tertiary/aromatic N) is 1. The van der Waals surface area contributed by atoms with E-state index in [1.807, 2.05) is 21.1 Å². The summed E-state index contributed by atoms with van der Waals surface area (Å²) in [5.74, 6) is -0.938. The third-order valence-corrected chi connectivity index (χ3v) is 10.5. The van der Waals surface area contributed by atoms with Gasteiger partial charge in [-0.2, -0.15) is 0 Å². The first kappa shape index (κ1) is 51.6. The van der Waals surface area contributed by atoms with E-state index >= 15 is 0 Å². The van der Waals surface area contributed by atoms with Crippen molar-refractivity contribution in [2.75, 3.05) is 40.9 Å². The van der Waals surface area contributed by atoms with E-state index in [1.54, 1.807) is 0 Å². The van der Waals surface area contributed by atoms with Crippen molar-refractivity contribution in [2.45, 2.75) is 180 Å². The summed E-state index contributed by atoms with van der Waals surface area (Å²) in [6.07, 6.45) is 40.0. The van der Waals surface area contributed by atoms with Crippen molar-refractivity contribution < 1.29 is 38.0 Å². The quantitative estimate of drug-likeness (QED) is 0.0248. The van der Waals surface area contributed by atoms with Gasteiger partial charge in [0, 0.05) is 12.3 Å². The summed E-state index contributed by atoms with van der Waals surface area (Å²) in [7, 11) is 1.22. The number of carbonyl (C=O) groups excluding carboxylic acids is 1. The van der Waals surface area contributed by atoms with E-state index in [0.29, 0.717) is 30.3 Å². The smallest absolute Gasteiger partial charge is 0.394 e. The minimum atomic E-state index is -4.60. The van der Waals surface area contributed by atoms with Gasteiger partial charge >= 0.3 is 7.82 Å². The molecule has 0 amide bonds. The summed E-state index contributed by atoms with van der Waals surface area (Å²) in [5, 5.41) is 20.6. The first-order valence-corrected chi connectivity index (χ1v) is 22.8. The second-order valence-corrected chi connectivity index (χ2v) is 17.1. The zero-order valence-corrected chi connectivity index (χ0v) is 35.7. The van der Waals surface area contributed by atoms with Crippen LogP contribution in [0.1, 0.15) is 168 Å². The fourth-order valence-electron chi connectivity index (χ4n) is 6.16. The highest BCUT2D eigenvalue weighted by molar-refractivity contribution is 7.47. The highest BCUT2D eigenvalue weighted by Gasteiger charge is 2.39. The van der Waals surface area contributed by atoms with Crippen LogP contribution >= 0.6 is 7.82 Å². The van der Waals surface area contributed by atoms with Crippen molar-refractivity contribution in [3.8, 4) is 0 Å². The number of phosphoric acid groups is 1. The molecule has 4 atom stereocenters. The lowest BCUT2D eigenvalue weighted by Crippen LogP contribution is -2.42. The van der Waals surface area contributed by atoms with Gasteiger partial charge in [0.25, 0.3) is 0 Å². The lowest BCUT2D eigenvalue weighted by molar-refractivity contribution is -0.870. The van der Waals surface area contributed by atoms with E-state index in [0.717, 1.165) is 51.4 Å². The number of phosphoric ester groups is 1. The Balaban J connectivity index is 4.99. The number of rotatable bonds is 38. The number of aliphatic hydroxyl groups is 2. The molecule has 0 bridgehead atoms. The Morgan fingerprint density at radius 1 is 0.698 bits per heavy atom. The van der Waals surface area contributed by atoms with Crippen LogP contribution in [0.4, 0.5) is 0 Å². The molecule has 0 radical (unpaired) electrons. The van der Waals surface area contributed by atoms with Crippen LogP contribution in [-0.2, 0) is 18.4 Å². The lowest BCUT2D eigenvalue weighted by atomic mass is 9.91. The van der Waals surface area contributed by atoms with Crippen molar-refractivity contribution in [2.24, 2.45) is 5.92 Å². The molecule has 8 nitrogen and oxygen atoms in total. The van der Waals surface area contributed by atoms with Crippen LogP contribution in [-0.4, -0.2) is 78.5 Å². The summed E-state index contributed by atoms with van der Waals surface area (Å²) in [6.45, 7) is 4.23. The predicted molar refractivity (Wildman–Crippen MR) is 224 cm³/mol. The monoisotopic (exact) mass is 771 g/mol. The number of allylic oxidation sites excluding steroid dienone is 8. The maximum atomic E-state index is 13.6. The Bertz CT molecular complexity index is 1020. The van der Waals surface area contributed by atoms with Crippen LogP contribution in [0.2, 0.25) is 0 Å². The predicted octanol–water partition coefficient (Wildman–Crippen LogP) is 11.4. The molecule has 0 aromatic carbocycles. The molecule has 0 heterocycles. The minimum absolute atomic E-state index is 0.0249. The largest absolute Gasteiger partial charge is 0.472 e. The van der Waals surface area contributed by atoms with Crippen LogP contribution in [0, 0.1) is 5.92 Å². The van der Waals surface area contributed by atoms with Crippen molar-refractivity contribution in [1.29, 1.82) is 0 Å². The molecule has 0 saturated carbocycles. The Morgan fingerprint density at radius 3 is 1.64 bits per heavy atom. The Labute approximate surface area is 326 Å². The highest BCUT2D eigenvalue weighted by atomic mass is 31.2. The standard InChI is InChI=1S/C44H82NO7P/c1-6-8-10-12-14-16-18-20-21-22-23-25-26-28-30-32-34-36-41(44(43(48)40-46)52-53(49,50)51-39-38-45(3,4)5)42(47)37-35-33-31-29-27-24-19-17-15-13-11-9-7-2/h14,16,20-21,23,25,28,30,41,43-44,46,48H,6-13,15,17-19,22,24,26-27,29,31-40H2,1-5H3/p+1/t41?,43-,44?/m0/s1/i37+2. The average Bonchev–Trinajstić information content (AvgIpc) is 3.11. The molecule has 0 aliphatic rings. The molecule has 0 aliphatic carbocycles. The van der Waals surface area contributed by atoms with E-state index < -0.39 is 32.6 Å². The summed E-state index contributed by atoms with van der Waals surface area (Å²) >= 11 is 0. The molecule has 0 aromatic heterocycles. The minimum Gasteiger partial charge on any atom is -0.394 e. The maximum absolute atomic E-state index is 13.6. The number of hydrogen-bond acceptors (Lipinski definition) is 6. The molecule has 0 fully saturated rings. The number of aliphatic hydroxyl groups excluding tert-OH is 2. The van der Waals surface area contributed by atoms with Crippen molar-refractivity contribution >= 4 is 13.6 Å². The lowest BCUT2D eigenvalue weighted by Gasteiger charge is -2.31. The van der Waals surface area contributed by atoms with Gasteiger partial charge in [0.2, 0.25) is 0 Å². The number of carbonyl (C=O) groups is 1. The van der Waals surface area contributed by atoms with Crippen LogP contribution < -0.4 is 0 Å². The summed E-state index contributed by atoms with van der Waals surface area (Å²) in [6, 6.07) is 0. The molecule has 0 spiro atoms. The van der Waals surface area contributed by atoms with Gasteiger partial charge in [-0.25, -0.2) is 4.57 Å². The van der Waals surface area contributed by atoms with E-state index in [9.17, 15) is 24.5 Å². The molecular weight excluding hydrogens is 687 g/mol. The number of unbranched alkanes of at least 4 members (excludes halogenated alkanes) is 16. The molecule has 0 aromatic rings. The van der Waals surface area contributed by atoms with Crippen molar-refractivity contribution in [3.05, 3.63) is 48.6 Å². The van der Waals surface area contributed by atoms with Gasteiger partial charge in [-0.1, -0.05) is 152 Å². The summed E-state index contributed by atoms with van der Waals surface area (Å²) in [4.78, 5) is 24.2. The number of hydrogen-bond donors (Lipinski definition) is 3. The van der Waals surface area contributed by atoms with Gasteiger partial charge in [0.15, 0.2) is 0 Å². The molecule has 9 heteroatoms. The number of ketones is 1. The average molecular weight is 771 g/mol. The van der Waals surface area contributed by atoms with Gasteiger partial charge in [0.05, 0.1) is 27.7 Å². The highest BCUT2D eigenvalue weighted by Crippen LogP contribution is 2.47. The maximum Gasteiger partial charge on any atom is 0.472 e. The van der Waals surface area contributed by atoms with Crippen molar-refractivity contribution in [1.82, 2.24) is 0 Å². The zero-order valence-electron chi connectivity index (χ0n) is 34.8. The SMILES string of the molecule is CCCCCC=CCC=CCC=CCC=CCCCC(C(=O)[14CH2]CCCCCCCCCCCCCC)C(OP(=O)(O)OCC[N+](C)(C)C)[C@@H](O)CO. The Hall–Kier alpha value is -1.38. The number of Topliss-reactive ketones (excluding diaryl/α,β-unsaturated/α-hetero) is 1. The van der Waals surface area contributed by atoms with E-state index in [2.05, 4.69) is 62.5 Å². The van der Waals surface area contributed by atoms with Gasteiger partial charge in [-0.05, 0) is 57.8 Å². The molecule has 3 unspecified atom stereocenters. The fourth-order valence-corrected chi connectivity index (χ4v) is 7.13. The fraction of sp³-hybridized carbons (Fsp3) is 0.795. The molecule has 0 rings (SSSR count). The second-order valence-electron chi connectivity index (χ2n) is 15.7. The molecule has 53 heavy (non-hydrogen) atoms. The van der Waals surface area contributed by atoms with Crippen LogP contribution in [0.3, 0.4) is 0 Å². The van der Waals surface area contributed by atoms with Crippen LogP contribution in [0.15, 0.2) is 48.6 Å². The third-order valence-electron chi connectivity index (χ3n) is 9.52. The van der Waals surface area contributed by atoms with Crippen LogP contribution in [0.25, 0.3) is 0 Å². The number of quaternary nitrogens is 1. The van der Waals surface area contributed by atoms with Gasteiger partial charge in [-0.3, -0.25) is 13.8 Å². The summed E-state index contributed by atoms with van der Waals surface area (Å²) < 4.78 is 24.2. The van der Waals surface area contributed by atoms with Gasteiger partial charge in [-0.15, -0.1) is 0 Å². The van der Waals surface area contributed by atoms with Crippen LogP contribution in [0.5, 0.6) is 0 Å². The van der Waals surface area contributed by atoms with Gasteiger partial charge < -0.3 is 19.6 Å². The van der Waals surface area contributed by atoms with E-state index in [-0.39, 0.29) is 12.4 Å². The first-order valence-electron chi connectivity index (χ1n) is 21.3. The molecule has 310 valence electrons. The zero-order chi connectivity index (χ0) is 39.5. The number of likely N-dealkylation sites (N-methyl/N-ethyl adjacent to an activating group) is 1. The third kappa shape index (κ3) is 33.7. The summed E-state index contributed by atoms with van der Waals surface area (Å²) in [5.41, 5.74) is 0. The van der Waals surface area contributed by atoms with Crippen molar-refractivity contribution in [3.63, 3.8) is 0 Å². The molecule has 0 saturated heterocycles. The Kier molecular flexibility index (Phi) is 34.2. The Morgan fingerprint density at radius 2 is 1.15 bits per heavy atom. The first-order chi connectivity index (χ1) is 25.5. The second kappa shape index (κ2) is 35.1. The van der Waals surface area contributed by atoms with Gasteiger partial charge in [0.1, 0.15) is 31.1 Å². The van der Waals surface area contributed by atoms with E-state index in [1.165, 1.54) is 83.5 Å². The molecule has 3 N–H and O–H groups in total. The topological polar surface area (TPSA) is 113 Å². The van der Waals surface area contributed by atoms with E-state index in [4.69, 9.17) is 9.05 Å². The normalized spacial score (nSPS) is 15.6. The molecular formula is C44H83NO7P+.